The molecule has 0 bridgehead atoms. The lowest BCUT2D eigenvalue weighted by Gasteiger charge is -2.36. The standard InChI is InChI=1S/C17H18ClFN2/c18-16-7-12(5-6-17(16)19)10-21-11-14-4-2-1-3-13(14)8-15(21)9-20/h1-7,15H,8-11,20H2. The molecule has 0 radical (unpaired) electrons. The molecule has 2 aromatic carbocycles. The Morgan fingerprint density at radius 2 is 1.95 bits per heavy atom. The van der Waals surface area contributed by atoms with E-state index in [1.807, 2.05) is 0 Å². The van der Waals surface area contributed by atoms with E-state index in [2.05, 4.69) is 29.2 Å². The molecule has 3 rings (SSSR count). The van der Waals surface area contributed by atoms with Crippen molar-refractivity contribution in [3.63, 3.8) is 0 Å². The van der Waals surface area contributed by atoms with Gasteiger partial charge in [0.2, 0.25) is 0 Å². The molecule has 110 valence electrons. The fourth-order valence-corrected chi connectivity index (χ4v) is 3.13. The second-order valence-corrected chi connectivity index (χ2v) is 5.92. The van der Waals surface area contributed by atoms with E-state index in [1.165, 1.54) is 17.2 Å². The first-order valence-corrected chi connectivity index (χ1v) is 7.50. The second-order valence-electron chi connectivity index (χ2n) is 5.52. The predicted molar refractivity (Wildman–Crippen MR) is 83.6 cm³/mol. The number of nitrogens with two attached hydrogens (primary N) is 1. The minimum atomic E-state index is -0.375. The Morgan fingerprint density at radius 1 is 1.19 bits per heavy atom. The van der Waals surface area contributed by atoms with Crippen LogP contribution in [0.3, 0.4) is 0 Å². The SMILES string of the molecule is NCC1Cc2ccccc2CN1Cc1ccc(F)c(Cl)c1. The van der Waals surface area contributed by atoms with E-state index in [0.717, 1.165) is 25.1 Å². The topological polar surface area (TPSA) is 29.3 Å². The van der Waals surface area contributed by atoms with Gasteiger partial charge in [-0.05, 0) is 35.2 Å². The summed E-state index contributed by atoms with van der Waals surface area (Å²) in [5.41, 5.74) is 9.66. The average Bonchev–Trinajstić information content (AvgIpc) is 2.50. The molecule has 0 saturated heterocycles. The number of rotatable bonds is 3. The zero-order valence-electron chi connectivity index (χ0n) is 11.7. The van der Waals surface area contributed by atoms with Gasteiger partial charge in [0.15, 0.2) is 0 Å². The smallest absolute Gasteiger partial charge is 0.141 e. The van der Waals surface area contributed by atoms with Gasteiger partial charge in [-0.2, -0.15) is 0 Å². The molecule has 1 aliphatic rings. The largest absolute Gasteiger partial charge is 0.329 e. The maximum absolute atomic E-state index is 13.3. The van der Waals surface area contributed by atoms with Crippen molar-refractivity contribution in [1.29, 1.82) is 0 Å². The third-order valence-electron chi connectivity index (χ3n) is 4.11. The van der Waals surface area contributed by atoms with Gasteiger partial charge in [0.1, 0.15) is 5.82 Å². The first kappa shape index (κ1) is 14.5. The Labute approximate surface area is 129 Å². The van der Waals surface area contributed by atoms with Gasteiger partial charge in [0.05, 0.1) is 5.02 Å². The van der Waals surface area contributed by atoms with Gasteiger partial charge in [-0.15, -0.1) is 0 Å². The van der Waals surface area contributed by atoms with Crippen LogP contribution in [-0.4, -0.2) is 17.5 Å². The van der Waals surface area contributed by atoms with Crippen LogP contribution in [0.5, 0.6) is 0 Å². The first-order chi connectivity index (χ1) is 10.2. The van der Waals surface area contributed by atoms with Crippen molar-refractivity contribution < 1.29 is 4.39 Å². The van der Waals surface area contributed by atoms with E-state index >= 15 is 0 Å². The summed E-state index contributed by atoms with van der Waals surface area (Å²) in [5.74, 6) is -0.375. The van der Waals surface area contributed by atoms with E-state index < -0.39 is 0 Å². The fraction of sp³-hybridized carbons (Fsp3) is 0.294. The van der Waals surface area contributed by atoms with Gasteiger partial charge in [-0.25, -0.2) is 4.39 Å². The number of halogens is 2. The Bertz CT molecular complexity index is 644. The van der Waals surface area contributed by atoms with Gasteiger partial charge < -0.3 is 5.73 Å². The van der Waals surface area contributed by atoms with Crippen LogP contribution >= 0.6 is 11.6 Å². The lowest BCUT2D eigenvalue weighted by Crippen LogP contribution is -2.44. The van der Waals surface area contributed by atoms with E-state index in [4.69, 9.17) is 17.3 Å². The number of fused-ring (bicyclic) bond motifs is 1. The zero-order chi connectivity index (χ0) is 14.8. The molecule has 0 spiro atoms. The highest BCUT2D eigenvalue weighted by atomic mass is 35.5. The summed E-state index contributed by atoms with van der Waals surface area (Å²) in [6.45, 7) is 2.21. The molecule has 1 heterocycles. The monoisotopic (exact) mass is 304 g/mol. The van der Waals surface area contributed by atoms with E-state index in [0.29, 0.717) is 12.6 Å². The molecule has 1 aliphatic heterocycles. The van der Waals surface area contributed by atoms with Gasteiger partial charge in [-0.1, -0.05) is 41.9 Å². The van der Waals surface area contributed by atoms with Crippen LogP contribution in [0.2, 0.25) is 5.02 Å². The number of benzene rings is 2. The van der Waals surface area contributed by atoms with E-state index in [-0.39, 0.29) is 10.8 Å². The summed E-state index contributed by atoms with van der Waals surface area (Å²) in [7, 11) is 0. The number of hydrogen-bond acceptors (Lipinski definition) is 2. The molecule has 1 atom stereocenters. The zero-order valence-corrected chi connectivity index (χ0v) is 12.5. The molecule has 2 nitrogen and oxygen atoms in total. The molecule has 0 fully saturated rings. The molecular weight excluding hydrogens is 287 g/mol. The molecule has 1 unspecified atom stereocenters. The van der Waals surface area contributed by atoms with Crippen LogP contribution in [0.15, 0.2) is 42.5 Å². The summed E-state index contributed by atoms with van der Waals surface area (Å²) < 4.78 is 13.3. The molecule has 4 heteroatoms. The molecule has 21 heavy (non-hydrogen) atoms. The van der Waals surface area contributed by atoms with Crippen molar-refractivity contribution >= 4 is 11.6 Å². The summed E-state index contributed by atoms with van der Waals surface area (Å²) in [5, 5.41) is 0.175. The molecule has 2 aromatic rings. The fourth-order valence-electron chi connectivity index (χ4n) is 2.93. The van der Waals surface area contributed by atoms with E-state index in [1.54, 1.807) is 12.1 Å². The third kappa shape index (κ3) is 3.10. The molecule has 0 saturated carbocycles. The van der Waals surface area contributed by atoms with Crippen LogP contribution in [0.4, 0.5) is 4.39 Å². The number of hydrogen-bond donors (Lipinski definition) is 1. The van der Waals surface area contributed by atoms with Crippen molar-refractivity contribution in [2.45, 2.75) is 25.6 Å². The summed E-state index contributed by atoms with van der Waals surface area (Å²) in [6, 6.07) is 13.7. The Morgan fingerprint density at radius 3 is 2.67 bits per heavy atom. The summed E-state index contributed by atoms with van der Waals surface area (Å²) >= 11 is 5.86. The highest BCUT2D eigenvalue weighted by Gasteiger charge is 2.24. The van der Waals surface area contributed by atoms with Crippen molar-refractivity contribution in [3.8, 4) is 0 Å². The quantitative estimate of drug-likeness (QED) is 0.942. The normalized spacial score (nSPS) is 18.5. The van der Waals surface area contributed by atoms with Crippen molar-refractivity contribution in [2.24, 2.45) is 5.73 Å². The predicted octanol–water partition coefficient (Wildman–Crippen LogP) is 3.36. The van der Waals surface area contributed by atoms with Crippen LogP contribution in [0.1, 0.15) is 16.7 Å². The van der Waals surface area contributed by atoms with Gasteiger partial charge in [-0.3, -0.25) is 4.90 Å². The van der Waals surface area contributed by atoms with Crippen LogP contribution in [-0.2, 0) is 19.5 Å². The van der Waals surface area contributed by atoms with E-state index in [9.17, 15) is 4.39 Å². The molecule has 2 N–H and O–H groups in total. The summed E-state index contributed by atoms with van der Waals surface area (Å²) in [6.07, 6.45) is 0.960. The molecule has 0 aliphatic carbocycles. The third-order valence-corrected chi connectivity index (χ3v) is 4.40. The van der Waals surface area contributed by atoms with Crippen molar-refractivity contribution in [1.82, 2.24) is 4.90 Å². The Balaban J connectivity index is 1.82. The van der Waals surface area contributed by atoms with Crippen LogP contribution < -0.4 is 5.73 Å². The average molecular weight is 305 g/mol. The lowest BCUT2D eigenvalue weighted by atomic mass is 9.93. The lowest BCUT2D eigenvalue weighted by molar-refractivity contribution is 0.167. The molecule has 0 amide bonds. The first-order valence-electron chi connectivity index (χ1n) is 7.12. The van der Waals surface area contributed by atoms with Crippen molar-refractivity contribution in [2.75, 3.05) is 6.54 Å². The van der Waals surface area contributed by atoms with Crippen LogP contribution in [0.25, 0.3) is 0 Å². The van der Waals surface area contributed by atoms with Gasteiger partial charge in [0, 0.05) is 25.7 Å². The highest BCUT2D eigenvalue weighted by molar-refractivity contribution is 6.30. The maximum atomic E-state index is 13.3. The maximum Gasteiger partial charge on any atom is 0.141 e. The Kier molecular flexibility index (Phi) is 4.24. The number of nitrogens with zero attached hydrogens (tertiary/aromatic N) is 1. The Hall–Kier alpha value is -1.42. The minimum absolute atomic E-state index is 0.175. The molecular formula is C17H18ClFN2. The highest BCUT2D eigenvalue weighted by Crippen LogP contribution is 2.25. The van der Waals surface area contributed by atoms with Crippen molar-refractivity contribution in [3.05, 3.63) is 70.0 Å². The minimum Gasteiger partial charge on any atom is -0.329 e. The second kappa shape index (κ2) is 6.14. The molecule has 0 aromatic heterocycles. The van der Waals surface area contributed by atoms with Gasteiger partial charge >= 0.3 is 0 Å². The van der Waals surface area contributed by atoms with Gasteiger partial charge in [0.25, 0.3) is 0 Å². The van der Waals surface area contributed by atoms with Crippen LogP contribution in [0, 0.1) is 5.82 Å². The summed E-state index contributed by atoms with van der Waals surface area (Å²) in [4.78, 5) is 2.34.